The summed E-state index contributed by atoms with van der Waals surface area (Å²) in [7, 11) is 0. The second kappa shape index (κ2) is 11.0. The number of carboxylic acids is 1. The highest BCUT2D eigenvalue weighted by Crippen LogP contribution is 2.14. The van der Waals surface area contributed by atoms with E-state index in [4.69, 9.17) is 4.99 Å². The first-order chi connectivity index (χ1) is 16.1. The average molecular weight is 450 g/mol. The van der Waals surface area contributed by atoms with Crippen molar-refractivity contribution in [2.45, 2.75) is 19.4 Å². The molecule has 0 aliphatic carbocycles. The SMILES string of the molecule is O=C(O)c1cccc(NC(=NCc2ccccc2)N2CCN(CC(=O)N3CCCC3)CC2)c1. The third-order valence-corrected chi connectivity index (χ3v) is 6.11. The van der Waals surface area contributed by atoms with Gasteiger partial charge in [-0.25, -0.2) is 9.79 Å². The summed E-state index contributed by atoms with van der Waals surface area (Å²) in [5.74, 6) is -0.0212. The lowest BCUT2D eigenvalue weighted by Gasteiger charge is -2.36. The van der Waals surface area contributed by atoms with E-state index < -0.39 is 5.97 Å². The van der Waals surface area contributed by atoms with Crippen molar-refractivity contribution in [2.75, 3.05) is 51.1 Å². The molecule has 0 spiro atoms. The molecule has 0 unspecified atom stereocenters. The predicted octanol–water partition coefficient (Wildman–Crippen LogP) is 2.59. The van der Waals surface area contributed by atoms with E-state index in [-0.39, 0.29) is 11.5 Å². The van der Waals surface area contributed by atoms with Crippen molar-refractivity contribution in [3.8, 4) is 0 Å². The molecule has 2 heterocycles. The number of carboxylic acid groups (broad SMARTS) is 1. The predicted molar refractivity (Wildman–Crippen MR) is 128 cm³/mol. The molecule has 0 bridgehead atoms. The zero-order chi connectivity index (χ0) is 23.0. The zero-order valence-corrected chi connectivity index (χ0v) is 18.8. The summed E-state index contributed by atoms with van der Waals surface area (Å²) in [6.07, 6.45) is 2.21. The second-order valence-electron chi connectivity index (χ2n) is 8.49. The molecule has 2 N–H and O–H groups in total. The smallest absolute Gasteiger partial charge is 0.335 e. The molecule has 0 aromatic heterocycles. The number of piperazine rings is 1. The lowest BCUT2D eigenvalue weighted by molar-refractivity contribution is -0.131. The molecular formula is C25H31N5O3. The molecule has 8 nitrogen and oxygen atoms in total. The largest absolute Gasteiger partial charge is 0.478 e. The maximum atomic E-state index is 12.5. The van der Waals surface area contributed by atoms with E-state index >= 15 is 0 Å². The minimum atomic E-state index is -0.960. The van der Waals surface area contributed by atoms with Gasteiger partial charge in [-0.05, 0) is 36.6 Å². The Kier molecular flexibility index (Phi) is 7.57. The fraction of sp³-hybridized carbons (Fsp3) is 0.400. The first kappa shape index (κ1) is 22.8. The Bertz CT molecular complexity index is 981. The Labute approximate surface area is 194 Å². The van der Waals surface area contributed by atoms with E-state index in [0.717, 1.165) is 57.7 Å². The fourth-order valence-corrected chi connectivity index (χ4v) is 4.20. The monoisotopic (exact) mass is 449 g/mol. The number of nitrogens with one attached hydrogen (secondary N) is 1. The quantitative estimate of drug-likeness (QED) is 0.521. The third-order valence-electron chi connectivity index (χ3n) is 6.11. The number of benzene rings is 2. The van der Waals surface area contributed by atoms with Gasteiger partial charge in [-0.2, -0.15) is 0 Å². The van der Waals surface area contributed by atoms with Gasteiger partial charge in [0.25, 0.3) is 0 Å². The highest BCUT2D eigenvalue weighted by Gasteiger charge is 2.25. The number of rotatable bonds is 6. The van der Waals surface area contributed by atoms with Crippen LogP contribution in [0.5, 0.6) is 0 Å². The van der Waals surface area contributed by atoms with Crippen molar-refractivity contribution in [3.05, 3.63) is 65.7 Å². The molecule has 2 aliphatic heterocycles. The van der Waals surface area contributed by atoms with E-state index in [1.54, 1.807) is 18.2 Å². The molecule has 0 radical (unpaired) electrons. The first-order valence-electron chi connectivity index (χ1n) is 11.5. The van der Waals surface area contributed by atoms with Gasteiger partial charge < -0.3 is 20.2 Å². The molecule has 2 saturated heterocycles. The lowest BCUT2D eigenvalue weighted by Crippen LogP contribution is -2.52. The van der Waals surface area contributed by atoms with Crippen LogP contribution in [0.4, 0.5) is 5.69 Å². The summed E-state index contributed by atoms with van der Waals surface area (Å²) >= 11 is 0. The molecule has 8 heteroatoms. The van der Waals surface area contributed by atoms with E-state index in [2.05, 4.69) is 15.1 Å². The average Bonchev–Trinajstić information content (AvgIpc) is 3.38. The topological polar surface area (TPSA) is 88.5 Å². The molecule has 174 valence electrons. The normalized spacial score (nSPS) is 17.3. The fourth-order valence-electron chi connectivity index (χ4n) is 4.20. The third kappa shape index (κ3) is 6.32. The number of hydrogen-bond acceptors (Lipinski definition) is 4. The highest BCUT2D eigenvalue weighted by atomic mass is 16.4. The molecule has 33 heavy (non-hydrogen) atoms. The van der Waals surface area contributed by atoms with Gasteiger partial charge in [-0.15, -0.1) is 0 Å². The molecule has 0 atom stereocenters. The van der Waals surface area contributed by atoms with Crippen LogP contribution in [-0.2, 0) is 11.3 Å². The summed E-state index contributed by atoms with van der Waals surface area (Å²) in [6.45, 7) is 5.80. The maximum absolute atomic E-state index is 12.5. The Balaban J connectivity index is 1.42. The second-order valence-corrected chi connectivity index (χ2v) is 8.49. The van der Waals surface area contributed by atoms with Crippen LogP contribution in [0.25, 0.3) is 0 Å². The van der Waals surface area contributed by atoms with Crippen molar-refractivity contribution < 1.29 is 14.7 Å². The molecule has 2 fully saturated rings. The summed E-state index contributed by atoms with van der Waals surface area (Å²) in [5, 5.41) is 12.7. The van der Waals surface area contributed by atoms with Gasteiger partial charge in [0.05, 0.1) is 18.7 Å². The number of guanidine groups is 1. The Morgan fingerprint density at radius 2 is 1.61 bits per heavy atom. The van der Waals surface area contributed by atoms with Gasteiger partial charge in [0.15, 0.2) is 5.96 Å². The summed E-state index contributed by atoms with van der Waals surface area (Å²) in [5.41, 5.74) is 2.02. The Morgan fingerprint density at radius 1 is 0.879 bits per heavy atom. The van der Waals surface area contributed by atoms with Crippen molar-refractivity contribution >= 4 is 23.5 Å². The first-order valence-corrected chi connectivity index (χ1v) is 11.5. The molecule has 4 rings (SSSR count). The number of likely N-dealkylation sites (tertiary alicyclic amines) is 1. The molecule has 2 aliphatic rings. The highest BCUT2D eigenvalue weighted by molar-refractivity contribution is 5.95. The van der Waals surface area contributed by atoms with Gasteiger partial charge >= 0.3 is 5.97 Å². The van der Waals surface area contributed by atoms with Gasteiger partial charge in [-0.3, -0.25) is 9.69 Å². The lowest BCUT2D eigenvalue weighted by atomic mass is 10.2. The standard InChI is InChI=1S/C25H31N5O3/c31-23(29-11-4-5-12-29)19-28-13-15-30(16-14-28)25(26-18-20-7-2-1-3-8-20)27-22-10-6-9-21(17-22)24(32)33/h1-3,6-10,17H,4-5,11-16,18-19H2,(H,26,27)(H,32,33). The zero-order valence-electron chi connectivity index (χ0n) is 18.8. The van der Waals surface area contributed by atoms with E-state index in [0.29, 0.717) is 24.7 Å². The van der Waals surface area contributed by atoms with Crippen LogP contribution in [-0.4, -0.2) is 83.5 Å². The Hall–Kier alpha value is -3.39. The molecular weight excluding hydrogens is 418 g/mol. The summed E-state index contributed by atoms with van der Waals surface area (Å²) in [4.78, 5) is 35.0. The maximum Gasteiger partial charge on any atom is 0.335 e. The van der Waals surface area contributed by atoms with Crippen LogP contribution in [0.3, 0.4) is 0 Å². The van der Waals surface area contributed by atoms with Crippen molar-refractivity contribution in [2.24, 2.45) is 4.99 Å². The van der Waals surface area contributed by atoms with Crippen molar-refractivity contribution in [1.29, 1.82) is 0 Å². The number of carbonyl (C=O) groups is 2. The molecule has 2 aromatic rings. The summed E-state index contributed by atoms with van der Waals surface area (Å²) in [6, 6.07) is 16.8. The Morgan fingerprint density at radius 3 is 2.30 bits per heavy atom. The number of carbonyl (C=O) groups excluding carboxylic acids is 1. The van der Waals surface area contributed by atoms with Gasteiger partial charge in [0.2, 0.25) is 5.91 Å². The van der Waals surface area contributed by atoms with Crippen molar-refractivity contribution in [1.82, 2.24) is 14.7 Å². The molecule has 2 aromatic carbocycles. The van der Waals surface area contributed by atoms with Gasteiger partial charge in [-0.1, -0.05) is 36.4 Å². The van der Waals surface area contributed by atoms with E-state index in [9.17, 15) is 14.7 Å². The minimum absolute atomic E-state index is 0.225. The van der Waals surface area contributed by atoms with Crippen LogP contribution >= 0.6 is 0 Å². The van der Waals surface area contributed by atoms with Crippen LogP contribution in [0, 0.1) is 0 Å². The van der Waals surface area contributed by atoms with Gasteiger partial charge in [0, 0.05) is 45.0 Å². The number of hydrogen-bond donors (Lipinski definition) is 2. The van der Waals surface area contributed by atoms with Crippen molar-refractivity contribution in [3.63, 3.8) is 0 Å². The number of aliphatic imine (C=N–C) groups is 1. The van der Waals surface area contributed by atoms with E-state index in [1.165, 1.54) is 0 Å². The number of aromatic carboxylic acids is 1. The van der Waals surface area contributed by atoms with Crippen LogP contribution in [0.2, 0.25) is 0 Å². The number of amides is 1. The molecule has 1 amide bonds. The molecule has 0 saturated carbocycles. The van der Waals surface area contributed by atoms with E-state index in [1.807, 2.05) is 41.3 Å². The van der Waals surface area contributed by atoms with Crippen LogP contribution in [0.15, 0.2) is 59.6 Å². The van der Waals surface area contributed by atoms with Gasteiger partial charge in [0.1, 0.15) is 0 Å². The number of nitrogens with zero attached hydrogens (tertiary/aromatic N) is 4. The minimum Gasteiger partial charge on any atom is -0.478 e. The van der Waals surface area contributed by atoms with Crippen LogP contribution in [0.1, 0.15) is 28.8 Å². The van der Waals surface area contributed by atoms with Crippen LogP contribution < -0.4 is 5.32 Å². The summed E-state index contributed by atoms with van der Waals surface area (Å²) < 4.78 is 0. The number of anilines is 1.